The molecule has 4 nitrogen and oxygen atoms in total. The predicted octanol–water partition coefficient (Wildman–Crippen LogP) is 3.64. The molecule has 1 aliphatic heterocycles. The van der Waals surface area contributed by atoms with Crippen LogP contribution in [0.3, 0.4) is 0 Å². The van der Waals surface area contributed by atoms with Gasteiger partial charge < -0.3 is 14.9 Å². The molecule has 0 aliphatic carbocycles. The molecular weight excluding hydrogens is 303 g/mol. The summed E-state index contributed by atoms with van der Waals surface area (Å²) < 4.78 is 5.71. The molecule has 5 heteroatoms. The summed E-state index contributed by atoms with van der Waals surface area (Å²) in [5.74, 6) is -0.678. The van der Waals surface area contributed by atoms with E-state index >= 15 is 0 Å². The summed E-state index contributed by atoms with van der Waals surface area (Å²) in [7, 11) is 0. The van der Waals surface area contributed by atoms with Crippen molar-refractivity contribution >= 4 is 35.5 Å². The molecule has 0 amide bonds. The molecule has 0 aromatic heterocycles. The fourth-order valence-corrected chi connectivity index (χ4v) is 3.00. The van der Waals surface area contributed by atoms with Crippen molar-refractivity contribution < 1.29 is 19.7 Å². The molecule has 2 atom stereocenters. The number of hydrogen-bond donors (Lipinski definition) is 2. The molecule has 0 saturated carbocycles. The first-order chi connectivity index (χ1) is 10.7. The van der Waals surface area contributed by atoms with Gasteiger partial charge in [0.1, 0.15) is 0 Å². The van der Waals surface area contributed by atoms with Gasteiger partial charge in [0.05, 0.1) is 12.2 Å². The van der Waals surface area contributed by atoms with Crippen LogP contribution < -0.4 is 0 Å². The van der Waals surface area contributed by atoms with Crippen LogP contribution in [0.4, 0.5) is 0 Å². The number of epoxide rings is 1. The normalized spacial score (nSPS) is 19.3. The van der Waals surface area contributed by atoms with Gasteiger partial charge in [-0.2, -0.15) is 0 Å². The number of hydrogen-bond acceptors (Lipinski definition) is 3. The third kappa shape index (κ3) is 14.4. The van der Waals surface area contributed by atoms with E-state index in [1.807, 2.05) is 0 Å². The Bertz CT molecular complexity index is 286. The Morgan fingerprint density at radius 1 is 0.739 bits per heavy atom. The SMILES string of the molecule is O=C(O)CCCCCCCC1OC1CCCCCCCCO.[NaH]. The number of carboxylic acid groups (broad SMARTS) is 1. The fraction of sp³-hybridized carbons (Fsp3) is 0.944. The topological polar surface area (TPSA) is 70.1 Å². The summed E-state index contributed by atoms with van der Waals surface area (Å²) >= 11 is 0. The van der Waals surface area contributed by atoms with Crippen LogP contribution in [-0.4, -0.2) is 64.6 Å². The molecule has 1 heterocycles. The molecular formula is C18H35NaO4. The van der Waals surface area contributed by atoms with Crippen LogP contribution in [-0.2, 0) is 9.53 Å². The van der Waals surface area contributed by atoms with Crippen LogP contribution in [0.15, 0.2) is 0 Å². The Kier molecular flexibility index (Phi) is 16.2. The maximum atomic E-state index is 10.4. The van der Waals surface area contributed by atoms with E-state index in [2.05, 4.69) is 0 Å². The Hall–Kier alpha value is 0.390. The number of rotatable bonds is 16. The summed E-state index contributed by atoms with van der Waals surface area (Å²) in [6.07, 6.45) is 16.4. The second-order valence-corrected chi connectivity index (χ2v) is 6.55. The molecule has 2 unspecified atom stereocenters. The van der Waals surface area contributed by atoms with E-state index in [4.69, 9.17) is 14.9 Å². The Morgan fingerprint density at radius 2 is 1.17 bits per heavy atom. The van der Waals surface area contributed by atoms with Gasteiger partial charge in [0.15, 0.2) is 0 Å². The number of aliphatic hydroxyl groups excluding tert-OH is 1. The summed E-state index contributed by atoms with van der Waals surface area (Å²) in [5.41, 5.74) is 0. The molecule has 23 heavy (non-hydrogen) atoms. The van der Waals surface area contributed by atoms with E-state index in [9.17, 15) is 4.79 Å². The number of aliphatic hydroxyl groups is 1. The first-order valence-electron chi connectivity index (χ1n) is 9.22. The number of ether oxygens (including phenoxy) is 1. The van der Waals surface area contributed by atoms with Crippen LogP contribution in [0.5, 0.6) is 0 Å². The van der Waals surface area contributed by atoms with Gasteiger partial charge >= 0.3 is 35.5 Å². The maximum absolute atomic E-state index is 10.4. The molecule has 132 valence electrons. The van der Waals surface area contributed by atoms with E-state index in [0.717, 1.165) is 32.1 Å². The zero-order valence-corrected chi connectivity index (χ0v) is 14.0. The molecule has 0 spiro atoms. The minimum absolute atomic E-state index is 0. The first-order valence-corrected chi connectivity index (χ1v) is 9.22. The summed E-state index contributed by atoms with van der Waals surface area (Å²) in [6.45, 7) is 0.331. The van der Waals surface area contributed by atoms with Crippen LogP contribution in [0.25, 0.3) is 0 Å². The molecule has 0 bridgehead atoms. The minimum atomic E-state index is -0.678. The van der Waals surface area contributed by atoms with E-state index in [1.54, 1.807) is 0 Å². The Morgan fingerprint density at radius 3 is 1.65 bits per heavy atom. The van der Waals surface area contributed by atoms with Crippen LogP contribution in [0.1, 0.15) is 89.9 Å². The van der Waals surface area contributed by atoms with Crippen molar-refractivity contribution in [2.45, 2.75) is 102 Å². The zero-order valence-electron chi connectivity index (χ0n) is 14.0. The number of carbonyl (C=O) groups is 1. The number of aliphatic carboxylic acids is 1. The summed E-state index contributed by atoms with van der Waals surface area (Å²) in [6, 6.07) is 0. The molecule has 0 aromatic carbocycles. The quantitative estimate of drug-likeness (QED) is 0.256. The van der Waals surface area contributed by atoms with Gasteiger partial charge in [0.2, 0.25) is 0 Å². The van der Waals surface area contributed by atoms with Crippen molar-refractivity contribution in [1.82, 2.24) is 0 Å². The third-order valence-corrected chi connectivity index (χ3v) is 4.46. The van der Waals surface area contributed by atoms with Crippen LogP contribution in [0.2, 0.25) is 0 Å². The van der Waals surface area contributed by atoms with Crippen molar-refractivity contribution in [3.63, 3.8) is 0 Å². The molecule has 1 aliphatic rings. The van der Waals surface area contributed by atoms with E-state index in [0.29, 0.717) is 25.2 Å². The average Bonchev–Trinajstić information content (AvgIpc) is 3.23. The molecule has 1 fully saturated rings. The van der Waals surface area contributed by atoms with Gasteiger partial charge in [-0.3, -0.25) is 4.79 Å². The third-order valence-electron chi connectivity index (χ3n) is 4.46. The van der Waals surface area contributed by atoms with Gasteiger partial charge in [0, 0.05) is 13.0 Å². The first kappa shape index (κ1) is 23.4. The summed E-state index contributed by atoms with van der Waals surface area (Å²) in [4.78, 5) is 10.4. The van der Waals surface area contributed by atoms with Gasteiger partial charge in [-0.1, -0.05) is 57.8 Å². The van der Waals surface area contributed by atoms with E-state index in [1.165, 1.54) is 51.4 Å². The fourth-order valence-electron chi connectivity index (χ4n) is 3.00. The van der Waals surface area contributed by atoms with Crippen molar-refractivity contribution in [2.24, 2.45) is 0 Å². The molecule has 1 saturated heterocycles. The average molecular weight is 338 g/mol. The van der Waals surface area contributed by atoms with Crippen molar-refractivity contribution in [3.05, 3.63) is 0 Å². The van der Waals surface area contributed by atoms with Gasteiger partial charge in [0.25, 0.3) is 0 Å². The van der Waals surface area contributed by atoms with Gasteiger partial charge in [-0.15, -0.1) is 0 Å². The van der Waals surface area contributed by atoms with Crippen molar-refractivity contribution in [3.8, 4) is 0 Å². The number of unbranched alkanes of at least 4 members (excludes halogenated alkanes) is 9. The van der Waals surface area contributed by atoms with Gasteiger partial charge in [-0.05, 0) is 25.7 Å². The predicted molar refractivity (Wildman–Crippen MR) is 95.2 cm³/mol. The second kappa shape index (κ2) is 15.9. The van der Waals surface area contributed by atoms with Crippen LogP contribution in [0, 0.1) is 0 Å². The van der Waals surface area contributed by atoms with E-state index in [-0.39, 0.29) is 29.6 Å². The molecule has 2 N–H and O–H groups in total. The molecule has 1 rings (SSSR count). The summed E-state index contributed by atoms with van der Waals surface area (Å²) in [5, 5.41) is 17.2. The monoisotopic (exact) mass is 338 g/mol. The molecule has 0 aromatic rings. The second-order valence-electron chi connectivity index (χ2n) is 6.55. The van der Waals surface area contributed by atoms with E-state index < -0.39 is 5.97 Å². The number of carboxylic acids is 1. The Labute approximate surface area is 163 Å². The molecule has 0 radical (unpaired) electrons. The van der Waals surface area contributed by atoms with Crippen molar-refractivity contribution in [1.29, 1.82) is 0 Å². The standard InChI is InChI=1S/C18H34O4.Na.H/c19-15-11-7-2-1-4-8-12-16-17(22-16)13-9-5-3-6-10-14-18(20)21;;/h16-17,19H,1-15H2,(H,20,21);;. The Balaban J connectivity index is 0.00000484. The van der Waals surface area contributed by atoms with Gasteiger partial charge in [-0.25, -0.2) is 0 Å². The van der Waals surface area contributed by atoms with Crippen molar-refractivity contribution in [2.75, 3.05) is 6.61 Å². The van der Waals surface area contributed by atoms with Crippen LogP contribution >= 0.6 is 0 Å². The zero-order chi connectivity index (χ0) is 16.0.